The number of fused-ring (bicyclic) bond motifs is 1. The van der Waals surface area contributed by atoms with Crippen LogP contribution in [-0.2, 0) is 0 Å². The van der Waals surface area contributed by atoms with Gasteiger partial charge in [-0.05, 0) is 56.4 Å². The Morgan fingerprint density at radius 2 is 1.96 bits per heavy atom. The van der Waals surface area contributed by atoms with E-state index in [1.807, 2.05) is 6.92 Å². The second kappa shape index (κ2) is 4.65. The predicted molar refractivity (Wildman–Crippen MR) is 100 cm³/mol. The van der Waals surface area contributed by atoms with Gasteiger partial charge in [0.15, 0.2) is 0 Å². The monoisotopic (exact) mass is 375 g/mol. The van der Waals surface area contributed by atoms with Crippen LogP contribution in [0.4, 0.5) is 0 Å². The minimum atomic E-state index is -0.638. The molecule has 0 amide bonds. The van der Waals surface area contributed by atoms with E-state index in [4.69, 9.17) is 0 Å². The zero-order chi connectivity index (χ0) is 19.1. The molecular formula is C22H33NO4. The van der Waals surface area contributed by atoms with Gasteiger partial charge in [0.1, 0.15) is 6.04 Å². The summed E-state index contributed by atoms with van der Waals surface area (Å²) in [4.78, 5) is 0. The predicted octanol–water partition coefficient (Wildman–Crippen LogP) is 1.80. The summed E-state index contributed by atoms with van der Waals surface area (Å²) >= 11 is 0. The highest BCUT2D eigenvalue weighted by atomic mass is 16.5. The van der Waals surface area contributed by atoms with Crippen LogP contribution < -0.4 is 0 Å². The van der Waals surface area contributed by atoms with Crippen LogP contribution in [0.2, 0.25) is 0 Å². The number of aliphatic hydroxyl groups is 3. The largest absolute Gasteiger partial charge is 0.633 e. The van der Waals surface area contributed by atoms with Gasteiger partial charge in [0, 0.05) is 22.7 Å². The van der Waals surface area contributed by atoms with Gasteiger partial charge >= 0.3 is 0 Å². The molecule has 0 aromatic carbocycles. The molecule has 2 spiro atoms. The third-order valence-corrected chi connectivity index (χ3v) is 10.9. The molecule has 3 N–H and O–H groups in total. The van der Waals surface area contributed by atoms with Gasteiger partial charge < -0.3 is 25.2 Å². The molecule has 3 unspecified atom stereocenters. The summed E-state index contributed by atoms with van der Waals surface area (Å²) in [5.74, 6) is 0.473. The van der Waals surface area contributed by atoms with E-state index in [9.17, 15) is 20.5 Å². The fourth-order valence-corrected chi connectivity index (χ4v) is 10.3. The molecule has 5 aliphatic carbocycles. The maximum absolute atomic E-state index is 14.2. The molecular weight excluding hydrogens is 342 g/mol. The summed E-state index contributed by atoms with van der Waals surface area (Å²) < 4.78 is -0.215. The van der Waals surface area contributed by atoms with Crippen molar-refractivity contribution in [1.29, 1.82) is 0 Å². The van der Waals surface area contributed by atoms with E-state index in [1.54, 1.807) is 0 Å². The van der Waals surface area contributed by atoms with Crippen LogP contribution in [0.25, 0.3) is 0 Å². The van der Waals surface area contributed by atoms with Gasteiger partial charge in [-0.3, -0.25) is 0 Å². The normalized spacial score (nSPS) is 68.3. The number of aliphatic hydroxyl groups excluding tert-OH is 3. The maximum Gasteiger partial charge on any atom is 0.101 e. The van der Waals surface area contributed by atoms with Crippen molar-refractivity contribution in [2.75, 3.05) is 13.1 Å². The van der Waals surface area contributed by atoms with Gasteiger partial charge in [-0.2, -0.15) is 0 Å². The molecule has 1 aliphatic heterocycles. The Labute approximate surface area is 161 Å². The molecule has 6 fully saturated rings. The number of nitrogens with zero attached hydrogens (tertiary/aromatic N) is 1. The molecule has 6 rings (SSSR count). The first-order valence-electron chi connectivity index (χ1n) is 11.0. The van der Waals surface area contributed by atoms with E-state index in [1.165, 1.54) is 0 Å². The SMILES string of the molecule is C=C1[C@@H](O)C23C[C@@H]1[C@H](O)C[C@H]2[C@@]12C4[C@H]3C[C@@H]1[C@](C)(CC[C@@H]2O)C[N+]4([O-])CC. The van der Waals surface area contributed by atoms with E-state index in [0.29, 0.717) is 25.4 Å². The highest BCUT2D eigenvalue weighted by molar-refractivity contribution is 5.38. The molecule has 27 heavy (non-hydrogen) atoms. The minimum Gasteiger partial charge on any atom is -0.633 e. The first kappa shape index (κ1) is 17.4. The Morgan fingerprint density at radius 3 is 2.67 bits per heavy atom. The molecule has 0 radical (unpaired) electrons. The highest BCUT2D eigenvalue weighted by Gasteiger charge is 2.88. The minimum absolute atomic E-state index is 0.0344. The number of hydrogen-bond acceptors (Lipinski definition) is 4. The van der Waals surface area contributed by atoms with E-state index >= 15 is 0 Å². The average molecular weight is 376 g/mol. The van der Waals surface area contributed by atoms with Crippen LogP contribution >= 0.6 is 0 Å². The molecule has 5 saturated carbocycles. The lowest BCUT2D eigenvalue weighted by molar-refractivity contribution is -0.927. The molecule has 6 aliphatic rings. The van der Waals surface area contributed by atoms with Gasteiger partial charge in [-0.15, -0.1) is 0 Å². The van der Waals surface area contributed by atoms with E-state index < -0.39 is 23.7 Å². The van der Waals surface area contributed by atoms with Crippen LogP contribution in [0.15, 0.2) is 12.2 Å². The molecule has 0 aromatic heterocycles. The van der Waals surface area contributed by atoms with Crippen molar-refractivity contribution in [2.24, 2.45) is 39.9 Å². The Kier molecular flexibility index (Phi) is 2.99. The standard InChI is InChI=1S/C22H33NO4/c1-4-23(27)10-20(3)6-5-17(25)22-15(20)7-13(18(22)23)21-9-12(11(2)19(21)26)14(24)8-16(21)22/h12-19,24-26H,2,4-10H2,1,3H3/t12-,13+,14+,15+,16+,17-,18?,19+,20+,21?,22-,23?/m0/s1. The summed E-state index contributed by atoms with van der Waals surface area (Å²) in [6.07, 6.45) is 2.37. The molecule has 150 valence electrons. The smallest absolute Gasteiger partial charge is 0.101 e. The highest BCUT2D eigenvalue weighted by Crippen LogP contribution is 2.84. The number of likely N-dealkylation sites (tertiary alicyclic amines) is 1. The Morgan fingerprint density at radius 1 is 1.22 bits per heavy atom. The lowest BCUT2D eigenvalue weighted by Crippen LogP contribution is -2.73. The number of hydrogen-bond donors (Lipinski definition) is 3. The molecule has 1 saturated heterocycles. The summed E-state index contributed by atoms with van der Waals surface area (Å²) in [6, 6.07) is -0.132. The Bertz CT molecular complexity index is 742. The summed E-state index contributed by atoms with van der Waals surface area (Å²) in [5, 5.41) is 48.0. The van der Waals surface area contributed by atoms with Crippen molar-refractivity contribution >= 4 is 0 Å². The number of piperidine rings is 1. The molecule has 12 atom stereocenters. The first-order chi connectivity index (χ1) is 12.7. The van der Waals surface area contributed by atoms with Crippen LogP contribution in [0.3, 0.4) is 0 Å². The van der Waals surface area contributed by atoms with Crippen LogP contribution in [0.1, 0.15) is 46.0 Å². The third-order valence-electron chi connectivity index (χ3n) is 10.9. The van der Waals surface area contributed by atoms with Crippen molar-refractivity contribution in [1.82, 2.24) is 0 Å². The summed E-state index contributed by atoms with van der Waals surface area (Å²) in [6.45, 7) is 9.62. The molecule has 1 heterocycles. The molecule has 5 heteroatoms. The quantitative estimate of drug-likeness (QED) is 0.371. The first-order valence-corrected chi connectivity index (χ1v) is 11.0. The van der Waals surface area contributed by atoms with Gasteiger partial charge in [0.2, 0.25) is 0 Å². The maximum atomic E-state index is 14.2. The fraction of sp³-hybridized carbons (Fsp3) is 0.909. The van der Waals surface area contributed by atoms with Crippen LogP contribution in [0.5, 0.6) is 0 Å². The van der Waals surface area contributed by atoms with Gasteiger partial charge in [-0.1, -0.05) is 13.5 Å². The second-order valence-corrected chi connectivity index (χ2v) is 11.2. The second-order valence-electron chi connectivity index (χ2n) is 11.2. The molecule has 5 nitrogen and oxygen atoms in total. The van der Waals surface area contributed by atoms with E-state index in [-0.39, 0.29) is 39.3 Å². The van der Waals surface area contributed by atoms with Crippen molar-refractivity contribution in [3.63, 3.8) is 0 Å². The number of quaternary nitrogens is 1. The summed E-state index contributed by atoms with van der Waals surface area (Å²) in [7, 11) is 0. The summed E-state index contributed by atoms with van der Waals surface area (Å²) in [5.41, 5.74) is -0.0521. The molecule has 0 aromatic rings. The fourth-order valence-electron chi connectivity index (χ4n) is 10.3. The zero-order valence-electron chi connectivity index (χ0n) is 16.5. The van der Waals surface area contributed by atoms with Crippen molar-refractivity contribution in [3.05, 3.63) is 17.4 Å². The topological polar surface area (TPSA) is 83.8 Å². The lowest BCUT2D eigenvalue weighted by Gasteiger charge is -2.68. The van der Waals surface area contributed by atoms with Gasteiger partial charge in [0.25, 0.3) is 0 Å². The van der Waals surface area contributed by atoms with Gasteiger partial charge in [-0.25, -0.2) is 0 Å². The van der Waals surface area contributed by atoms with Crippen LogP contribution in [-0.4, -0.2) is 57.4 Å². The lowest BCUT2D eigenvalue weighted by atomic mass is 9.43. The van der Waals surface area contributed by atoms with E-state index in [2.05, 4.69) is 13.5 Å². The zero-order valence-corrected chi connectivity index (χ0v) is 16.5. The average Bonchev–Trinajstić information content (AvgIpc) is 3.17. The Hall–Kier alpha value is -0.460. The molecule has 7 bridgehead atoms. The van der Waals surface area contributed by atoms with E-state index in [0.717, 1.165) is 31.3 Å². The van der Waals surface area contributed by atoms with Crippen molar-refractivity contribution in [2.45, 2.75) is 70.3 Å². The number of rotatable bonds is 1. The van der Waals surface area contributed by atoms with Crippen LogP contribution in [0, 0.1) is 45.1 Å². The number of hydroxylamine groups is 3. The van der Waals surface area contributed by atoms with Gasteiger partial charge in [0.05, 0.1) is 36.8 Å². The Balaban J connectivity index is 1.63. The van der Waals surface area contributed by atoms with Crippen molar-refractivity contribution in [3.8, 4) is 0 Å². The van der Waals surface area contributed by atoms with Crippen molar-refractivity contribution < 1.29 is 20.0 Å². The third kappa shape index (κ3) is 1.49.